The largest absolute Gasteiger partial charge is 0.405 e. The van der Waals surface area contributed by atoms with Crippen molar-refractivity contribution in [2.24, 2.45) is 17.8 Å². The lowest BCUT2D eigenvalue weighted by molar-refractivity contribution is 0.111. The van der Waals surface area contributed by atoms with E-state index in [4.69, 9.17) is 5.73 Å². The molecule has 7 nitrogen and oxygen atoms in total. The number of nitrogens with zero attached hydrogens (tertiary/aromatic N) is 4. The van der Waals surface area contributed by atoms with Crippen LogP contribution in [0.1, 0.15) is 46.3 Å². The van der Waals surface area contributed by atoms with Crippen molar-refractivity contribution in [2.45, 2.75) is 37.1 Å². The first-order valence-corrected chi connectivity index (χ1v) is 11.4. The summed E-state index contributed by atoms with van der Waals surface area (Å²) >= 11 is 1.67. The molecule has 0 aromatic carbocycles. The van der Waals surface area contributed by atoms with Crippen LogP contribution in [-0.4, -0.2) is 52.5 Å². The van der Waals surface area contributed by atoms with Gasteiger partial charge in [0.15, 0.2) is 6.29 Å². The second-order valence-electron chi connectivity index (χ2n) is 7.66. The van der Waals surface area contributed by atoms with E-state index >= 15 is 0 Å². The van der Waals surface area contributed by atoms with Gasteiger partial charge in [0.2, 0.25) is 0 Å². The van der Waals surface area contributed by atoms with Gasteiger partial charge in [-0.1, -0.05) is 6.07 Å². The molecular weight excluding hydrogens is 408 g/mol. The molecule has 2 aromatic heterocycles. The number of aliphatic imine (C=N–C) groups is 1. The third-order valence-corrected chi connectivity index (χ3v) is 6.90. The standard InChI is InChI=1S/C13H18N4OS.C10H14N2/c1-10-13(7-12(9-18)16(10)2)19-17-6-5-15-11(8-17)3-4-14;1-11-9-5-2-6-10-8(9)4-3-7-12-10/h3-4,7,9H,5-6,8,14H2,1-2H3;3-4,7,9,11H,2,5-6H2,1H3/b4-3-;. The third kappa shape index (κ3) is 5.84. The fraction of sp³-hybridized carbons (Fsp3) is 0.435. The van der Waals surface area contributed by atoms with E-state index in [0.717, 1.165) is 48.6 Å². The lowest BCUT2D eigenvalue weighted by Gasteiger charge is -2.24. The van der Waals surface area contributed by atoms with Crippen molar-refractivity contribution in [3.8, 4) is 0 Å². The summed E-state index contributed by atoms with van der Waals surface area (Å²) in [4.78, 5) is 20.8. The number of carbonyl (C=O) groups is 1. The van der Waals surface area contributed by atoms with Crippen LogP contribution in [0.2, 0.25) is 0 Å². The van der Waals surface area contributed by atoms with Gasteiger partial charge in [0.05, 0.1) is 24.5 Å². The van der Waals surface area contributed by atoms with Gasteiger partial charge in [-0.05, 0) is 75.2 Å². The Hall–Kier alpha value is -2.42. The van der Waals surface area contributed by atoms with Gasteiger partial charge in [-0.25, -0.2) is 4.31 Å². The Morgan fingerprint density at radius 3 is 2.94 bits per heavy atom. The Balaban J connectivity index is 0.000000194. The third-order valence-electron chi connectivity index (χ3n) is 5.72. The van der Waals surface area contributed by atoms with Crippen LogP contribution in [0.25, 0.3) is 0 Å². The van der Waals surface area contributed by atoms with E-state index in [0.29, 0.717) is 11.7 Å². The second kappa shape index (κ2) is 11.3. The summed E-state index contributed by atoms with van der Waals surface area (Å²) in [5, 5.41) is 3.32. The van der Waals surface area contributed by atoms with E-state index in [1.807, 2.05) is 50.0 Å². The van der Waals surface area contributed by atoms with E-state index in [-0.39, 0.29) is 0 Å². The molecule has 1 aliphatic heterocycles. The molecule has 31 heavy (non-hydrogen) atoms. The summed E-state index contributed by atoms with van der Waals surface area (Å²) in [6.45, 7) is 4.47. The summed E-state index contributed by atoms with van der Waals surface area (Å²) in [6.07, 6.45) is 9.78. The molecule has 166 valence electrons. The van der Waals surface area contributed by atoms with Crippen molar-refractivity contribution in [3.05, 3.63) is 59.3 Å². The molecule has 3 heterocycles. The number of nitrogens with one attached hydrogen (secondary N) is 1. The summed E-state index contributed by atoms with van der Waals surface area (Å²) in [7, 11) is 3.93. The molecule has 0 spiro atoms. The quantitative estimate of drug-likeness (QED) is 0.549. The summed E-state index contributed by atoms with van der Waals surface area (Å²) in [5.41, 5.74) is 10.9. The molecule has 0 saturated heterocycles. The predicted octanol–water partition coefficient (Wildman–Crippen LogP) is 3.06. The monoisotopic (exact) mass is 440 g/mol. The predicted molar refractivity (Wildman–Crippen MR) is 128 cm³/mol. The van der Waals surface area contributed by atoms with Gasteiger partial charge in [0.25, 0.3) is 0 Å². The molecule has 3 N–H and O–H groups in total. The normalized spacial score (nSPS) is 18.8. The van der Waals surface area contributed by atoms with Gasteiger partial charge in [-0.15, -0.1) is 0 Å². The SMILES string of the molecule is CNC1CCCc2ncccc21.Cc1c(SN2CCN=C(/C=C\N)C2)cc(C=O)n1C. The Bertz CT molecular complexity index is 952. The van der Waals surface area contributed by atoms with Gasteiger partial charge in [-0.3, -0.25) is 14.8 Å². The average molecular weight is 441 g/mol. The number of hydrogen-bond acceptors (Lipinski definition) is 7. The Labute approximate surface area is 189 Å². The van der Waals surface area contributed by atoms with Crippen LogP contribution in [0.5, 0.6) is 0 Å². The highest BCUT2D eigenvalue weighted by atomic mass is 32.2. The van der Waals surface area contributed by atoms with Crippen molar-refractivity contribution < 1.29 is 4.79 Å². The molecule has 4 rings (SSSR count). The van der Waals surface area contributed by atoms with E-state index in [2.05, 4.69) is 25.7 Å². The number of hydrogen-bond donors (Lipinski definition) is 2. The van der Waals surface area contributed by atoms with Crippen molar-refractivity contribution in [3.63, 3.8) is 0 Å². The maximum atomic E-state index is 10.9. The van der Waals surface area contributed by atoms with Crippen LogP contribution >= 0.6 is 11.9 Å². The zero-order valence-electron chi connectivity index (χ0n) is 18.5. The molecule has 2 aliphatic rings. The summed E-state index contributed by atoms with van der Waals surface area (Å²) < 4.78 is 4.15. The van der Waals surface area contributed by atoms with Crippen molar-refractivity contribution in [1.82, 2.24) is 19.2 Å². The number of fused-ring (bicyclic) bond motifs is 1. The molecule has 0 fully saturated rings. The number of pyridine rings is 1. The molecule has 0 saturated carbocycles. The van der Waals surface area contributed by atoms with Crippen molar-refractivity contribution in [1.29, 1.82) is 0 Å². The number of nitrogens with two attached hydrogens (primary N) is 1. The van der Waals surface area contributed by atoms with E-state index in [9.17, 15) is 4.79 Å². The number of aldehydes is 1. The highest BCUT2D eigenvalue weighted by Crippen LogP contribution is 2.29. The van der Waals surface area contributed by atoms with Gasteiger partial charge < -0.3 is 15.6 Å². The van der Waals surface area contributed by atoms with Crippen LogP contribution in [0, 0.1) is 6.92 Å². The zero-order chi connectivity index (χ0) is 22.2. The highest BCUT2D eigenvalue weighted by Gasteiger charge is 2.19. The molecular formula is C23H32N6OS. The average Bonchev–Trinajstić information content (AvgIpc) is 3.07. The number of aryl methyl sites for hydroxylation is 1. The fourth-order valence-electron chi connectivity index (χ4n) is 3.85. The van der Waals surface area contributed by atoms with E-state index < -0.39 is 0 Å². The Morgan fingerprint density at radius 1 is 1.39 bits per heavy atom. The minimum atomic E-state index is 0.530. The second-order valence-corrected chi connectivity index (χ2v) is 8.79. The zero-order valence-corrected chi connectivity index (χ0v) is 19.4. The minimum absolute atomic E-state index is 0.530. The Morgan fingerprint density at radius 2 is 2.23 bits per heavy atom. The van der Waals surface area contributed by atoms with Crippen LogP contribution in [0.15, 0.2) is 46.6 Å². The number of rotatable bonds is 5. The van der Waals surface area contributed by atoms with Crippen LogP contribution < -0.4 is 11.1 Å². The molecule has 2 aromatic rings. The van der Waals surface area contributed by atoms with Gasteiger partial charge >= 0.3 is 0 Å². The van der Waals surface area contributed by atoms with Crippen LogP contribution in [0.3, 0.4) is 0 Å². The molecule has 0 radical (unpaired) electrons. The summed E-state index contributed by atoms with van der Waals surface area (Å²) in [6, 6.07) is 6.66. The molecule has 8 heteroatoms. The lowest BCUT2D eigenvalue weighted by Crippen LogP contribution is -2.30. The first kappa shape index (κ1) is 23.2. The molecule has 1 atom stereocenters. The van der Waals surface area contributed by atoms with Crippen molar-refractivity contribution in [2.75, 3.05) is 26.7 Å². The molecule has 1 aliphatic carbocycles. The number of aromatic nitrogens is 2. The Kier molecular flexibility index (Phi) is 8.45. The first-order valence-electron chi connectivity index (χ1n) is 10.6. The van der Waals surface area contributed by atoms with E-state index in [1.165, 1.54) is 30.3 Å². The smallest absolute Gasteiger partial charge is 0.166 e. The maximum absolute atomic E-state index is 10.9. The van der Waals surface area contributed by atoms with Gasteiger partial charge in [0.1, 0.15) is 0 Å². The minimum Gasteiger partial charge on any atom is -0.405 e. The highest BCUT2D eigenvalue weighted by molar-refractivity contribution is 7.97. The van der Waals surface area contributed by atoms with Crippen LogP contribution in [0.4, 0.5) is 0 Å². The molecule has 0 bridgehead atoms. The van der Waals surface area contributed by atoms with Gasteiger partial charge in [0, 0.05) is 42.1 Å². The fourth-order valence-corrected chi connectivity index (χ4v) is 4.94. The first-order chi connectivity index (χ1) is 15.1. The summed E-state index contributed by atoms with van der Waals surface area (Å²) in [5.74, 6) is 0. The lowest BCUT2D eigenvalue weighted by atomic mass is 9.91. The maximum Gasteiger partial charge on any atom is 0.166 e. The van der Waals surface area contributed by atoms with E-state index in [1.54, 1.807) is 11.9 Å². The van der Waals surface area contributed by atoms with Gasteiger partial charge in [-0.2, -0.15) is 0 Å². The van der Waals surface area contributed by atoms with Crippen LogP contribution in [-0.2, 0) is 13.5 Å². The molecule has 0 amide bonds. The number of carbonyl (C=O) groups excluding carboxylic acids is 1. The van der Waals surface area contributed by atoms with Crippen molar-refractivity contribution >= 4 is 23.9 Å². The molecule has 1 unspecified atom stereocenters. The topological polar surface area (TPSA) is 88.5 Å².